The van der Waals surface area contributed by atoms with Crippen LogP contribution < -0.4 is 10.1 Å². The first-order valence-corrected chi connectivity index (χ1v) is 7.33. The summed E-state index contributed by atoms with van der Waals surface area (Å²) in [6, 6.07) is 9.68. The molecule has 6 nitrogen and oxygen atoms in total. The fraction of sp³-hybridized carbons (Fsp3) is 0.133. The van der Waals surface area contributed by atoms with Gasteiger partial charge in [0.1, 0.15) is 5.82 Å². The topological polar surface area (TPSA) is 81.5 Å². The summed E-state index contributed by atoms with van der Waals surface area (Å²) >= 11 is 3.28. The minimum absolute atomic E-state index is 0.298. The molecule has 1 N–H and O–H groups in total. The number of nitrogens with one attached hydrogen (secondary N) is 1. The number of nitrogens with zero attached hydrogens (tertiary/aromatic N) is 1. The molecule has 2 aromatic rings. The maximum absolute atomic E-state index is 13.2. The van der Waals surface area contributed by atoms with Crippen molar-refractivity contribution >= 4 is 33.2 Å². The van der Waals surface area contributed by atoms with E-state index >= 15 is 0 Å². The van der Waals surface area contributed by atoms with Gasteiger partial charge >= 0.3 is 5.69 Å². The van der Waals surface area contributed by atoms with Gasteiger partial charge in [0.25, 0.3) is 5.91 Å². The molecule has 8 heteroatoms. The van der Waals surface area contributed by atoms with E-state index < -0.39 is 28.4 Å². The zero-order valence-corrected chi connectivity index (χ0v) is 13.5. The van der Waals surface area contributed by atoms with E-state index in [2.05, 4.69) is 21.2 Å². The zero-order valence-electron chi connectivity index (χ0n) is 12.0. The largest absolute Gasteiger partial charge is 0.474 e. The van der Waals surface area contributed by atoms with E-state index in [4.69, 9.17) is 4.74 Å². The average Bonchev–Trinajstić information content (AvgIpc) is 2.49. The summed E-state index contributed by atoms with van der Waals surface area (Å²) < 4.78 is 19.3. The lowest BCUT2D eigenvalue weighted by Gasteiger charge is -2.14. The first kappa shape index (κ1) is 16.9. The predicted octanol–water partition coefficient (Wildman–Crippen LogP) is 3.90. The van der Waals surface area contributed by atoms with Crippen LogP contribution in [-0.2, 0) is 4.79 Å². The van der Waals surface area contributed by atoms with Crippen molar-refractivity contribution in [2.45, 2.75) is 13.0 Å². The number of hydrogen-bond acceptors (Lipinski definition) is 4. The smallest absolute Gasteiger partial charge is 0.311 e. The number of halogens is 2. The van der Waals surface area contributed by atoms with Crippen LogP contribution >= 0.6 is 15.9 Å². The molecular weight excluding hydrogens is 371 g/mol. The van der Waals surface area contributed by atoms with E-state index in [1.165, 1.54) is 6.92 Å². The van der Waals surface area contributed by atoms with Crippen LogP contribution in [0, 0.1) is 15.9 Å². The normalized spacial score (nSPS) is 11.6. The van der Waals surface area contributed by atoms with Crippen molar-refractivity contribution in [1.82, 2.24) is 0 Å². The fourth-order valence-corrected chi connectivity index (χ4v) is 2.02. The first-order chi connectivity index (χ1) is 10.9. The molecule has 0 aliphatic carbocycles. The van der Waals surface area contributed by atoms with Crippen molar-refractivity contribution in [3.63, 3.8) is 0 Å². The molecule has 23 heavy (non-hydrogen) atoms. The van der Waals surface area contributed by atoms with E-state index in [1.54, 1.807) is 24.3 Å². The minimum Gasteiger partial charge on any atom is -0.474 e. The molecule has 0 radical (unpaired) electrons. The maximum atomic E-state index is 13.2. The molecule has 2 aromatic carbocycles. The van der Waals surface area contributed by atoms with Crippen LogP contribution in [0.25, 0.3) is 0 Å². The SMILES string of the molecule is CC(Oc1cc(F)ccc1[N+](=O)[O-])C(=O)Nc1ccc(Br)cc1. The third-order valence-electron chi connectivity index (χ3n) is 2.90. The van der Waals surface area contributed by atoms with Gasteiger partial charge in [0, 0.05) is 22.3 Å². The Morgan fingerprint density at radius 2 is 1.96 bits per heavy atom. The van der Waals surface area contributed by atoms with Gasteiger partial charge in [-0.05, 0) is 37.3 Å². The van der Waals surface area contributed by atoms with Crippen LogP contribution in [-0.4, -0.2) is 16.9 Å². The molecular formula is C15H12BrFN2O4. The molecule has 0 aliphatic heterocycles. The molecule has 120 valence electrons. The molecule has 1 unspecified atom stereocenters. The Balaban J connectivity index is 2.10. The Bertz CT molecular complexity index is 737. The Morgan fingerprint density at radius 3 is 2.57 bits per heavy atom. The van der Waals surface area contributed by atoms with E-state index in [0.29, 0.717) is 5.69 Å². The van der Waals surface area contributed by atoms with Crippen molar-refractivity contribution in [3.8, 4) is 5.75 Å². The average molecular weight is 383 g/mol. The van der Waals surface area contributed by atoms with Crippen LogP contribution in [0.15, 0.2) is 46.9 Å². The summed E-state index contributed by atoms with van der Waals surface area (Å²) in [5.41, 5.74) is 0.136. The van der Waals surface area contributed by atoms with Gasteiger partial charge in [-0.2, -0.15) is 0 Å². The number of carbonyl (C=O) groups excluding carboxylic acids is 1. The number of benzene rings is 2. The van der Waals surface area contributed by atoms with Crippen LogP contribution in [0.5, 0.6) is 5.75 Å². The van der Waals surface area contributed by atoms with E-state index in [0.717, 1.165) is 22.7 Å². The lowest BCUT2D eigenvalue weighted by Crippen LogP contribution is -2.30. The van der Waals surface area contributed by atoms with Crippen molar-refractivity contribution in [3.05, 3.63) is 62.9 Å². The van der Waals surface area contributed by atoms with Gasteiger partial charge in [-0.1, -0.05) is 15.9 Å². The Labute approximate surface area is 139 Å². The highest BCUT2D eigenvalue weighted by atomic mass is 79.9. The van der Waals surface area contributed by atoms with E-state index in [-0.39, 0.29) is 5.75 Å². The predicted molar refractivity (Wildman–Crippen MR) is 85.9 cm³/mol. The molecule has 0 saturated carbocycles. The summed E-state index contributed by atoms with van der Waals surface area (Å²) in [6.45, 7) is 1.42. The van der Waals surface area contributed by atoms with Gasteiger partial charge < -0.3 is 10.1 Å². The molecule has 0 heterocycles. The molecule has 1 amide bonds. The van der Waals surface area contributed by atoms with Crippen LogP contribution in [0.4, 0.5) is 15.8 Å². The quantitative estimate of drug-likeness (QED) is 0.627. The number of amides is 1. The number of anilines is 1. The summed E-state index contributed by atoms with van der Waals surface area (Å²) in [5.74, 6) is -1.49. The van der Waals surface area contributed by atoms with Crippen LogP contribution in [0.1, 0.15) is 6.92 Å². The van der Waals surface area contributed by atoms with Gasteiger partial charge in [0.05, 0.1) is 4.92 Å². The standard InChI is InChI=1S/C15H12BrFN2O4/c1-9(15(20)18-12-5-2-10(16)3-6-12)23-14-8-11(17)4-7-13(14)19(21)22/h2-9H,1H3,(H,18,20). The Kier molecular flexibility index (Phi) is 5.28. The number of hydrogen-bond donors (Lipinski definition) is 1. The summed E-state index contributed by atoms with van der Waals surface area (Å²) in [7, 11) is 0. The molecule has 2 rings (SSSR count). The molecule has 0 saturated heterocycles. The second-order valence-electron chi connectivity index (χ2n) is 4.63. The van der Waals surface area contributed by atoms with Crippen molar-refractivity contribution in [2.24, 2.45) is 0 Å². The number of ether oxygens (including phenoxy) is 1. The number of nitro groups is 1. The third-order valence-corrected chi connectivity index (χ3v) is 3.43. The van der Waals surface area contributed by atoms with Crippen molar-refractivity contribution < 1.29 is 18.8 Å². The second-order valence-corrected chi connectivity index (χ2v) is 5.54. The lowest BCUT2D eigenvalue weighted by molar-refractivity contribution is -0.386. The van der Waals surface area contributed by atoms with Crippen molar-refractivity contribution in [2.75, 3.05) is 5.32 Å². The number of nitro benzene ring substituents is 1. The van der Waals surface area contributed by atoms with E-state index in [1.807, 2.05) is 0 Å². The third kappa shape index (κ3) is 4.49. The van der Waals surface area contributed by atoms with Gasteiger partial charge in [-0.15, -0.1) is 0 Å². The highest BCUT2D eigenvalue weighted by Gasteiger charge is 2.22. The van der Waals surface area contributed by atoms with E-state index in [9.17, 15) is 19.3 Å². The first-order valence-electron chi connectivity index (χ1n) is 6.54. The zero-order chi connectivity index (χ0) is 17.0. The summed E-state index contributed by atoms with van der Waals surface area (Å²) in [5, 5.41) is 13.5. The number of carbonyl (C=O) groups is 1. The molecule has 0 fully saturated rings. The van der Waals surface area contributed by atoms with Gasteiger partial charge in [-0.25, -0.2) is 4.39 Å². The monoisotopic (exact) mass is 382 g/mol. The molecule has 1 atom stereocenters. The van der Waals surface area contributed by atoms with Gasteiger partial charge in [-0.3, -0.25) is 14.9 Å². The fourth-order valence-electron chi connectivity index (χ4n) is 1.75. The highest BCUT2D eigenvalue weighted by Crippen LogP contribution is 2.28. The van der Waals surface area contributed by atoms with Crippen molar-refractivity contribution in [1.29, 1.82) is 0 Å². The molecule has 0 aliphatic rings. The molecule has 0 spiro atoms. The molecule has 0 bridgehead atoms. The number of rotatable bonds is 5. The highest BCUT2D eigenvalue weighted by molar-refractivity contribution is 9.10. The summed E-state index contributed by atoms with van der Waals surface area (Å²) in [4.78, 5) is 22.3. The van der Waals surface area contributed by atoms with Crippen LogP contribution in [0.2, 0.25) is 0 Å². The Hall–Kier alpha value is -2.48. The summed E-state index contributed by atoms with van der Waals surface area (Å²) in [6.07, 6.45) is -1.04. The van der Waals surface area contributed by atoms with Gasteiger partial charge in [0.2, 0.25) is 5.75 Å². The minimum atomic E-state index is -1.04. The van der Waals surface area contributed by atoms with Crippen LogP contribution in [0.3, 0.4) is 0 Å². The second kappa shape index (κ2) is 7.19. The van der Waals surface area contributed by atoms with Gasteiger partial charge in [0.15, 0.2) is 6.10 Å². The molecule has 0 aromatic heterocycles. The lowest BCUT2D eigenvalue weighted by atomic mass is 10.2. The maximum Gasteiger partial charge on any atom is 0.311 e. The Morgan fingerprint density at radius 1 is 1.30 bits per heavy atom.